The Hall–Kier alpha value is -3.26. The third-order valence-corrected chi connectivity index (χ3v) is 3.21. The molecule has 23 heavy (non-hydrogen) atoms. The molecule has 0 aromatic heterocycles. The van der Waals surface area contributed by atoms with Crippen molar-refractivity contribution in [3.8, 4) is 11.8 Å². The predicted molar refractivity (Wildman–Crippen MR) is 90.1 cm³/mol. The van der Waals surface area contributed by atoms with Crippen molar-refractivity contribution in [2.45, 2.75) is 6.92 Å². The summed E-state index contributed by atoms with van der Waals surface area (Å²) in [5, 5.41) is 14.8. The van der Waals surface area contributed by atoms with Crippen LogP contribution in [0.1, 0.15) is 5.56 Å². The molecule has 116 valence electrons. The summed E-state index contributed by atoms with van der Waals surface area (Å²) in [5.41, 5.74) is 2.32. The molecule has 0 aliphatic rings. The summed E-state index contributed by atoms with van der Waals surface area (Å²) in [6, 6.07) is 16.5. The van der Waals surface area contributed by atoms with Crippen molar-refractivity contribution in [1.82, 2.24) is 0 Å². The third-order valence-electron chi connectivity index (χ3n) is 3.21. The van der Waals surface area contributed by atoms with Gasteiger partial charge in [0.25, 0.3) is 5.91 Å². The van der Waals surface area contributed by atoms with Gasteiger partial charge >= 0.3 is 0 Å². The van der Waals surface area contributed by atoms with Gasteiger partial charge in [-0.3, -0.25) is 4.79 Å². The van der Waals surface area contributed by atoms with Gasteiger partial charge in [0.05, 0.1) is 7.11 Å². The number of para-hydroxylation sites is 1. The topological polar surface area (TPSA) is 74.1 Å². The molecule has 0 spiro atoms. The van der Waals surface area contributed by atoms with Crippen molar-refractivity contribution >= 4 is 17.3 Å². The molecular formula is C18H17N3O2. The summed E-state index contributed by atoms with van der Waals surface area (Å²) in [6.07, 6.45) is 1.38. The number of hydrogen-bond donors (Lipinski definition) is 2. The van der Waals surface area contributed by atoms with Crippen molar-refractivity contribution in [2.24, 2.45) is 0 Å². The lowest BCUT2D eigenvalue weighted by Gasteiger charge is -2.08. The molecule has 0 fully saturated rings. The normalized spacial score (nSPS) is 10.6. The highest BCUT2D eigenvalue weighted by Crippen LogP contribution is 2.17. The fourth-order valence-electron chi connectivity index (χ4n) is 1.92. The number of nitriles is 1. The van der Waals surface area contributed by atoms with Crippen LogP contribution in [0, 0.1) is 18.3 Å². The number of rotatable bonds is 5. The minimum absolute atomic E-state index is 0.0175. The first kappa shape index (κ1) is 16.1. The minimum atomic E-state index is -0.461. The minimum Gasteiger partial charge on any atom is -0.497 e. The highest BCUT2D eigenvalue weighted by molar-refractivity contribution is 6.07. The molecule has 2 rings (SSSR count). The van der Waals surface area contributed by atoms with Crippen molar-refractivity contribution in [3.63, 3.8) is 0 Å². The van der Waals surface area contributed by atoms with Gasteiger partial charge in [-0.05, 0) is 30.7 Å². The molecule has 0 radical (unpaired) electrons. The van der Waals surface area contributed by atoms with Gasteiger partial charge < -0.3 is 15.4 Å². The van der Waals surface area contributed by atoms with Crippen LogP contribution in [0.2, 0.25) is 0 Å². The van der Waals surface area contributed by atoms with E-state index in [0.29, 0.717) is 11.4 Å². The van der Waals surface area contributed by atoms with Crippen molar-refractivity contribution in [1.29, 1.82) is 5.26 Å². The summed E-state index contributed by atoms with van der Waals surface area (Å²) in [5.74, 6) is 0.225. The molecule has 0 bridgehead atoms. The van der Waals surface area contributed by atoms with Crippen LogP contribution in [0.4, 0.5) is 11.4 Å². The Kier molecular flexibility index (Phi) is 5.37. The number of aryl methyl sites for hydroxylation is 1. The summed E-state index contributed by atoms with van der Waals surface area (Å²) < 4.78 is 5.12. The van der Waals surface area contributed by atoms with E-state index < -0.39 is 5.91 Å². The monoisotopic (exact) mass is 307 g/mol. The lowest BCUT2D eigenvalue weighted by molar-refractivity contribution is -0.112. The second-order valence-electron chi connectivity index (χ2n) is 4.82. The predicted octanol–water partition coefficient (Wildman–Crippen LogP) is 3.46. The number of hydrogen-bond acceptors (Lipinski definition) is 4. The number of anilines is 2. The van der Waals surface area contributed by atoms with Crippen LogP contribution in [-0.4, -0.2) is 13.0 Å². The molecule has 2 N–H and O–H groups in total. The van der Waals surface area contributed by atoms with E-state index in [1.54, 1.807) is 19.2 Å². The molecule has 2 aromatic carbocycles. The van der Waals surface area contributed by atoms with Crippen molar-refractivity contribution < 1.29 is 9.53 Å². The van der Waals surface area contributed by atoms with Crippen LogP contribution in [0.25, 0.3) is 0 Å². The summed E-state index contributed by atoms with van der Waals surface area (Å²) in [7, 11) is 1.57. The van der Waals surface area contributed by atoms with Gasteiger partial charge in [-0.1, -0.05) is 24.3 Å². The molecular weight excluding hydrogens is 290 g/mol. The van der Waals surface area contributed by atoms with Crippen LogP contribution in [0.5, 0.6) is 5.75 Å². The standard InChI is InChI=1S/C18H17N3O2/c1-13-6-3-4-9-17(13)21-18(22)14(11-19)12-20-15-7-5-8-16(10-15)23-2/h3-10,12,20H,1-2H3,(H,21,22)/b14-12-. The Morgan fingerprint density at radius 1 is 1.22 bits per heavy atom. The zero-order chi connectivity index (χ0) is 16.7. The number of benzene rings is 2. The first-order valence-electron chi connectivity index (χ1n) is 7.02. The molecule has 5 heteroatoms. The molecule has 0 heterocycles. The second kappa shape index (κ2) is 7.66. The van der Waals surface area contributed by atoms with E-state index in [1.165, 1.54) is 6.20 Å². The number of amides is 1. The maximum Gasteiger partial charge on any atom is 0.267 e. The first-order valence-corrected chi connectivity index (χ1v) is 7.02. The Morgan fingerprint density at radius 2 is 2.00 bits per heavy atom. The maximum atomic E-state index is 12.2. The molecule has 2 aromatic rings. The molecule has 0 atom stereocenters. The van der Waals surface area contributed by atoms with Gasteiger partial charge in [0.1, 0.15) is 17.4 Å². The fourth-order valence-corrected chi connectivity index (χ4v) is 1.92. The Morgan fingerprint density at radius 3 is 2.70 bits per heavy atom. The quantitative estimate of drug-likeness (QED) is 0.655. The number of ether oxygens (including phenoxy) is 1. The highest BCUT2D eigenvalue weighted by Gasteiger charge is 2.10. The zero-order valence-corrected chi connectivity index (χ0v) is 13.0. The number of carbonyl (C=O) groups excluding carboxylic acids is 1. The van der Waals surface area contributed by atoms with Crippen LogP contribution < -0.4 is 15.4 Å². The SMILES string of the molecule is COc1cccc(N/C=C(/C#N)C(=O)Nc2ccccc2C)c1. The number of nitrogens with one attached hydrogen (secondary N) is 2. The Bertz CT molecular complexity index is 776. The van der Waals surface area contributed by atoms with Gasteiger partial charge in [-0.15, -0.1) is 0 Å². The largest absolute Gasteiger partial charge is 0.497 e. The number of carbonyl (C=O) groups is 1. The van der Waals surface area contributed by atoms with Crippen LogP contribution in [0.15, 0.2) is 60.3 Å². The Balaban J connectivity index is 2.10. The Labute approximate surface area is 135 Å². The van der Waals surface area contributed by atoms with Gasteiger partial charge in [0.2, 0.25) is 0 Å². The summed E-state index contributed by atoms with van der Waals surface area (Å²) >= 11 is 0. The average Bonchev–Trinajstić information content (AvgIpc) is 2.57. The van der Waals surface area contributed by atoms with Crippen molar-refractivity contribution in [2.75, 3.05) is 17.7 Å². The van der Waals surface area contributed by atoms with Crippen molar-refractivity contribution in [3.05, 3.63) is 65.9 Å². The van der Waals surface area contributed by atoms with E-state index in [4.69, 9.17) is 4.74 Å². The highest BCUT2D eigenvalue weighted by atomic mass is 16.5. The van der Waals surface area contributed by atoms with Gasteiger partial charge in [-0.2, -0.15) is 5.26 Å². The summed E-state index contributed by atoms with van der Waals surface area (Å²) in [4.78, 5) is 12.2. The second-order valence-corrected chi connectivity index (χ2v) is 4.82. The number of nitrogens with zero attached hydrogens (tertiary/aromatic N) is 1. The molecule has 0 aliphatic heterocycles. The van der Waals surface area contributed by atoms with E-state index in [2.05, 4.69) is 10.6 Å². The van der Waals surface area contributed by atoms with Gasteiger partial charge in [-0.25, -0.2) is 0 Å². The fraction of sp³-hybridized carbons (Fsp3) is 0.111. The first-order chi connectivity index (χ1) is 11.1. The lowest BCUT2D eigenvalue weighted by Crippen LogP contribution is -2.15. The summed E-state index contributed by atoms with van der Waals surface area (Å²) in [6.45, 7) is 1.89. The average molecular weight is 307 g/mol. The molecule has 0 aliphatic carbocycles. The lowest BCUT2D eigenvalue weighted by atomic mass is 10.2. The van der Waals surface area contributed by atoms with E-state index in [1.807, 2.05) is 49.4 Å². The van der Waals surface area contributed by atoms with Crippen LogP contribution >= 0.6 is 0 Å². The molecule has 0 saturated heterocycles. The number of methoxy groups -OCH3 is 1. The van der Waals surface area contributed by atoms with Gasteiger partial charge in [0.15, 0.2) is 0 Å². The van der Waals surface area contributed by atoms with Crippen LogP contribution in [-0.2, 0) is 4.79 Å². The molecule has 1 amide bonds. The zero-order valence-electron chi connectivity index (χ0n) is 13.0. The van der Waals surface area contributed by atoms with E-state index in [9.17, 15) is 10.1 Å². The van der Waals surface area contributed by atoms with E-state index in [0.717, 1.165) is 11.3 Å². The van der Waals surface area contributed by atoms with E-state index in [-0.39, 0.29) is 5.57 Å². The smallest absolute Gasteiger partial charge is 0.267 e. The maximum absolute atomic E-state index is 12.2. The van der Waals surface area contributed by atoms with E-state index >= 15 is 0 Å². The van der Waals surface area contributed by atoms with Crippen LogP contribution in [0.3, 0.4) is 0 Å². The molecule has 5 nitrogen and oxygen atoms in total. The molecule has 0 saturated carbocycles. The third kappa shape index (κ3) is 4.35. The van der Waals surface area contributed by atoms with Gasteiger partial charge in [0, 0.05) is 23.6 Å². The molecule has 0 unspecified atom stereocenters.